The van der Waals surface area contributed by atoms with Gasteiger partial charge in [0, 0.05) is 30.6 Å². The van der Waals surface area contributed by atoms with E-state index in [1.54, 1.807) is 4.90 Å². The van der Waals surface area contributed by atoms with Crippen molar-refractivity contribution in [2.45, 2.75) is 76.8 Å². The number of carbonyl (C=O) groups is 3. The summed E-state index contributed by atoms with van der Waals surface area (Å²) in [6.45, 7) is 4.27. The third kappa shape index (κ3) is 4.44. The molecule has 1 atom stereocenters. The summed E-state index contributed by atoms with van der Waals surface area (Å²) < 4.78 is 0. The van der Waals surface area contributed by atoms with E-state index in [1.165, 1.54) is 32.1 Å². The molecule has 0 spiro atoms. The van der Waals surface area contributed by atoms with E-state index in [1.807, 2.05) is 18.2 Å². The summed E-state index contributed by atoms with van der Waals surface area (Å²) in [5.74, 6) is 0.720. The molecule has 3 aliphatic rings. The van der Waals surface area contributed by atoms with Crippen molar-refractivity contribution in [2.24, 2.45) is 5.92 Å². The second kappa shape index (κ2) is 8.52. The molecule has 2 amide bonds. The van der Waals surface area contributed by atoms with Gasteiger partial charge < -0.3 is 10.2 Å². The van der Waals surface area contributed by atoms with Gasteiger partial charge in [-0.1, -0.05) is 50.8 Å². The number of ketones is 1. The maximum Gasteiger partial charge on any atom is 0.255 e. The Bertz CT molecular complexity index is 839. The van der Waals surface area contributed by atoms with Gasteiger partial charge in [-0.3, -0.25) is 14.4 Å². The molecule has 1 saturated heterocycles. The second-order valence-electron chi connectivity index (χ2n) is 8.82. The molecule has 1 aromatic rings. The summed E-state index contributed by atoms with van der Waals surface area (Å²) in [5.41, 5.74) is 3.45. The van der Waals surface area contributed by atoms with Crippen LogP contribution < -0.4 is 5.32 Å². The van der Waals surface area contributed by atoms with Gasteiger partial charge in [0.2, 0.25) is 5.91 Å². The van der Waals surface area contributed by atoms with Crippen LogP contribution in [0.15, 0.2) is 30.5 Å². The first kappa shape index (κ1) is 19.9. The quantitative estimate of drug-likeness (QED) is 0.796. The number of nitrogens with one attached hydrogen (secondary N) is 1. The van der Waals surface area contributed by atoms with Crippen LogP contribution in [-0.2, 0) is 22.6 Å². The lowest BCUT2D eigenvalue weighted by molar-refractivity contribution is -0.126. The van der Waals surface area contributed by atoms with E-state index in [2.05, 4.69) is 11.9 Å². The van der Waals surface area contributed by atoms with Crippen molar-refractivity contribution < 1.29 is 14.4 Å². The normalized spacial score (nSPS) is 22.6. The van der Waals surface area contributed by atoms with Gasteiger partial charge in [-0.15, -0.1) is 0 Å². The van der Waals surface area contributed by atoms with Crippen molar-refractivity contribution in [1.82, 2.24) is 10.2 Å². The molecule has 0 radical (unpaired) electrons. The highest BCUT2D eigenvalue weighted by Gasteiger charge is 2.38. The summed E-state index contributed by atoms with van der Waals surface area (Å²) in [6, 6.07) is 5.43. The summed E-state index contributed by atoms with van der Waals surface area (Å²) >= 11 is 0. The average Bonchev–Trinajstić information content (AvgIpc) is 3.03. The molecule has 5 nitrogen and oxygen atoms in total. The zero-order chi connectivity index (χ0) is 20.4. The number of nitrogens with zero attached hydrogens (tertiary/aromatic N) is 1. The van der Waals surface area contributed by atoms with E-state index in [4.69, 9.17) is 0 Å². The van der Waals surface area contributed by atoms with Crippen LogP contribution in [0.5, 0.6) is 0 Å². The predicted molar refractivity (Wildman–Crippen MR) is 111 cm³/mol. The van der Waals surface area contributed by atoms with Crippen LogP contribution in [0.3, 0.4) is 0 Å². The number of allylic oxidation sites excluding steroid dienone is 1. The van der Waals surface area contributed by atoms with Gasteiger partial charge in [0.15, 0.2) is 0 Å². The molecule has 29 heavy (non-hydrogen) atoms. The molecule has 1 unspecified atom stereocenters. The van der Waals surface area contributed by atoms with Gasteiger partial charge in [0.25, 0.3) is 5.91 Å². The molecule has 0 bridgehead atoms. The molecule has 1 saturated carbocycles. The van der Waals surface area contributed by atoms with E-state index in [0.29, 0.717) is 43.1 Å². The van der Waals surface area contributed by atoms with E-state index >= 15 is 0 Å². The number of amides is 2. The van der Waals surface area contributed by atoms with E-state index in [-0.39, 0.29) is 11.8 Å². The summed E-state index contributed by atoms with van der Waals surface area (Å²) in [5, 5.41) is 2.77. The maximum atomic E-state index is 12.8. The fourth-order valence-corrected chi connectivity index (χ4v) is 4.96. The highest BCUT2D eigenvalue weighted by atomic mass is 16.2. The monoisotopic (exact) mass is 394 g/mol. The van der Waals surface area contributed by atoms with Crippen LogP contribution >= 0.6 is 0 Å². The first-order valence-corrected chi connectivity index (χ1v) is 10.9. The Hall–Kier alpha value is -2.43. The Morgan fingerprint density at radius 3 is 2.69 bits per heavy atom. The lowest BCUT2D eigenvalue weighted by Gasteiger charge is -2.30. The Kier molecular flexibility index (Phi) is 5.84. The number of Topliss-reactive ketones (excluding diaryl/α,β-unsaturated/α-hetero) is 1. The van der Waals surface area contributed by atoms with Crippen molar-refractivity contribution in [3.8, 4) is 0 Å². The summed E-state index contributed by atoms with van der Waals surface area (Å²) in [7, 11) is 0. The number of hydrogen-bond donors (Lipinski definition) is 1. The number of piperidine rings is 1. The van der Waals surface area contributed by atoms with Crippen molar-refractivity contribution in [1.29, 1.82) is 0 Å². The minimum absolute atomic E-state index is 0.0763. The fourth-order valence-electron chi connectivity index (χ4n) is 4.96. The van der Waals surface area contributed by atoms with Gasteiger partial charge in [-0.05, 0) is 42.4 Å². The number of carbonyl (C=O) groups excluding carboxylic acids is 3. The van der Waals surface area contributed by atoms with Gasteiger partial charge in [-0.2, -0.15) is 0 Å². The summed E-state index contributed by atoms with van der Waals surface area (Å²) in [6.07, 6.45) is 9.57. The minimum Gasteiger partial charge on any atom is -0.329 e. The first-order valence-electron chi connectivity index (χ1n) is 10.9. The molecule has 2 heterocycles. The number of fused-ring (bicyclic) bond motifs is 1. The third-order valence-corrected chi connectivity index (χ3v) is 6.63. The lowest BCUT2D eigenvalue weighted by Crippen LogP contribution is -2.49. The molecule has 2 aliphatic heterocycles. The van der Waals surface area contributed by atoms with Gasteiger partial charge in [0.05, 0.1) is 0 Å². The third-order valence-electron chi connectivity index (χ3n) is 6.63. The fraction of sp³-hybridized carbons (Fsp3) is 0.542. The van der Waals surface area contributed by atoms with E-state index < -0.39 is 6.04 Å². The molecule has 1 aromatic carbocycles. The number of hydrogen-bond acceptors (Lipinski definition) is 3. The zero-order valence-electron chi connectivity index (χ0n) is 17.0. The molecule has 154 valence electrons. The Morgan fingerprint density at radius 2 is 1.93 bits per heavy atom. The smallest absolute Gasteiger partial charge is 0.255 e. The number of benzene rings is 1. The number of rotatable bonds is 6. The predicted octanol–water partition coefficient (Wildman–Crippen LogP) is 3.91. The Morgan fingerprint density at radius 1 is 1.14 bits per heavy atom. The first-order chi connectivity index (χ1) is 14.0. The highest BCUT2D eigenvalue weighted by Crippen LogP contribution is 2.30. The van der Waals surface area contributed by atoms with Crippen LogP contribution in [0.25, 0.3) is 0 Å². The Labute approximate surface area is 172 Å². The van der Waals surface area contributed by atoms with Crippen molar-refractivity contribution in [2.75, 3.05) is 0 Å². The molecule has 1 N–H and O–H groups in total. The van der Waals surface area contributed by atoms with Crippen LogP contribution in [0, 0.1) is 5.92 Å². The van der Waals surface area contributed by atoms with Gasteiger partial charge in [0.1, 0.15) is 11.8 Å². The summed E-state index contributed by atoms with van der Waals surface area (Å²) in [4.78, 5) is 39.1. The van der Waals surface area contributed by atoms with E-state index in [9.17, 15) is 14.4 Å². The average molecular weight is 395 g/mol. The Balaban J connectivity index is 1.35. The lowest BCUT2D eigenvalue weighted by atomic mass is 9.85. The minimum atomic E-state index is -0.430. The highest BCUT2D eigenvalue weighted by molar-refractivity contribution is 6.01. The second-order valence-corrected chi connectivity index (χ2v) is 8.82. The van der Waals surface area contributed by atoms with Crippen molar-refractivity contribution in [3.05, 3.63) is 47.2 Å². The topological polar surface area (TPSA) is 66.5 Å². The van der Waals surface area contributed by atoms with Crippen LogP contribution in [0.1, 0.15) is 79.3 Å². The van der Waals surface area contributed by atoms with Crippen LogP contribution in [0.4, 0.5) is 0 Å². The molecule has 1 aliphatic carbocycles. The van der Waals surface area contributed by atoms with E-state index in [0.717, 1.165) is 29.7 Å². The molecular formula is C24H30N2O3. The van der Waals surface area contributed by atoms with Crippen LogP contribution in [-0.4, -0.2) is 28.5 Å². The number of aryl methyl sites for hydroxylation is 1. The van der Waals surface area contributed by atoms with Crippen molar-refractivity contribution >= 4 is 17.6 Å². The molecule has 0 aromatic heterocycles. The van der Waals surface area contributed by atoms with Gasteiger partial charge >= 0.3 is 0 Å². The maximum absolute atomic E-state index is 12.8. The zero-order valence-corrected chi connectivity index (χ0v) is 17.0. The molecule has 4 rings (SSSR count). The SMILES string of the molecule is C=C1CCC(N2Cc3cc(CCC(=O)CC4CCCCC4)ccc3C2=O)C(=O)N1. The molecule has 5 heteroatoms. The molecular weight excluding hydrogens is 364 g/mol. The van der Waals surface area contributed by atoms with Gasteiger partial charge in [-0.25, -0.2) is 0 Å². The molecule has 2 fully saturated rings. The van der Waals surface area contributed by atoms with Crippen molar-refractivity contribution in [3.63, 3.8) is 0 Å². The van der Waals surface area contributed by atoms with Crippen LogP contribution in [0.2, 0.25) is 0 Å². The largest absolute Gasteiger partial charge is 0.329 e. The standard InChI is InChI=1S/C24H30N2O3/c1-16-7-12-22(23(28)25-16)26-15-19-13-18(9-11-21(19)24(26)29)8-10-20(27)14-17-5-3-2-4-6-17/h9,11,13,17,22H,1-8,10,12,14-15H2,(H,25,28).